The lowest BCUT2D eigenvalue weighted by atomic mass is 10.0. The van der Waals surface area contributed by atoms with E-state index in [1.807, 2.05) is 6.07 Å². The molecule has 0 bridgehead atoms. The zero-order valence-electron chi connectivity index (χ0n) is 12.8. The van der Waals surface area contributed by atoms with E-state index < -0.39 is 5.92 Å². The Morgan fingerprint density at radius 1 is 1.22 bits per heavy atom. The zero-order valence-corrected chi connectivity index (χ0v) is 12.8. The van der Waals surface area contributed by atoms with Crippen molar-refractivity contribution in [2.45, 2.75) is 26.3 Å². The maximum atomic E-state index is 12.3. The molecule has 8 nitrogen and oxygen atoms in total. The van der Waals surface area contributed by atoms with Gasteiger partial charge in [-0.1, -0.05) is 18.2 Å². The molecule has 3 aromatic rings. The second-order valence-corrected chi connectivity index (χ2v) is 5.26. The average Bonchev–Trinajstić information content (AvgIpc) is 2.98. The molecule has 0 saturated carbocycles. The molecule has 0 fully saturated rings. The number of rotatable bonds is 4. The van der Waals surface area contributed by atoms with Crippen molar-refractivity contribution in [3.8, 4) is 0 Å². The second kappa shape index (κ2) is 5.99. The number of fused-ring (bicyclic) bond motifs is 1. The van der Waals surface area contributed by atoms with E-state index in [4.69, 9.17) is 0 Å². The SMILES string of the molecule is Cc1nc(CNC(=O)[C@@H](C)c2n[nH]c(=O)c3ccccc23)n[nH]1. The highest BCUT2D eigenvalue weighted by molar-refractivity contribution is 5.90. The summed E-state index contributed by atoms with van der Waals surface area (Å²) in [5, 5.41) is 17.1. The first kappa shape index (κ1) is 14.9. The number of hydrogen-bond acceptors (Lipinski definition) is 5. The van der Waals surface area contributed by atoms with Crippen molar-refractivity contribution in [1.82, 2.24) is 30.7 Å². The number of benzene rings is 1. The lowest BCUT2D eigenvalue weighted by Gasteiger charge is -2.12. The summed E-state index contributed by atoms with van der Waals surface area (Å²) < 4.78 is 0. The first-order chi connectivity index (χ1) is 11.1. The number of amides is 1. The summed E-state index contributed by atoms with van der Waals surface area (Å²) in [6.45, 7) is 3.76. The van der Waals surface area contributed by atoms with Gasteiger partial charge in [-0.2, -0.15) is 10.2 Å². The van der Waals surface area contributed by atoms with Crippen LogP contribution in [-0.2, 0) is 11.3 Å². The van der Waals surface area contributed by atoms with Crippen LogP contribution in [0.3, 0.4) is 0 Å². The topological polar surface area (TPSA) is 116 Å². The summed E-state index contributed by atoms with van der Waals surface area (Å²) in [5.74, 6) is 0.479. The van der Waals surface area contributed by atoms with Gasteiger partial charge in [0.2, 0.25) is 5.91 Å². The van der Waals surface area contributed by atoms with Gasteiger partial charge in [0.1, 0.15) is 5.82 Å². The van der Waals surface area contributed by atoms with Gasteiger partial charge in [-0.25, -0.2) is 10.1 Å². The molecule has 1 aromatic carbocycles. The van der Waals surface area contributed by atoms with Crippen LogP contribution in [-0.4, -0.2) is 31.3 Å². The molecule has 0 aliphatic carbocycles. The van der Waals surface area contributed by atoms with E-state index in [0.29, 0.717) is 28.1 Å². The van der Waals surface area contributed by atoms with Crippen molar-refractivity contribution in [1.29, 1.82) is 0 Å². The maximum absolute atomic E-state index is 12.3. The van der Waals surface area contributed by atoms with Gasteiger partial charge in [0.15, 0.2) is 5.82 Å². The summed E-state index contributed by atoms with van der Waals surface area (Å²) in [7, 11) is 0. The highest BCUT2D eigenvalue weighted by Crippen LogP contribution is 2.20. The van der Waals surface area contributed by atoms with Gasteiger partial charge in [0.05, 0.1) is 23.5 Å². The van der Waals surface area contributed by atoms with E-state index in [1.165, 1.54) is 0 Å². The number of hydrogen-bond donors (Lipinski definition) is 3. The van der Waals surface area contributed by atoms with Crippen molar-refractivity contribution in [2.24, 2.45) is 0 Å². The molecule has 2 heterocycles. The summed E-state index contributed by atoms with van der Waals surface area (Å²) in [6, 6.07) is 7.08. The van der Waals surface area contributed by atoms with Crippen LogP contribution in [0.2, 0.25) is 0 Å². The van der Waals surface area contributed by atoms with Crippen LogP contribution in [0.4, 0.5) is 0 Å². The Balaban J connectivity index is 1.82. The van der Waals surface area contributed by atoms with Gasteiger partial charge >= 0.3 is 0 Å². The second-order valence-electron chi connectivity index (χ2n) is 5.26. The van der Waals surface area contributed by atoms with Crippen molar-refractivity contribution < 1.29 is 4.79 Å². The monoisotopic (exact) mass is 312 g/mol. The first-order valence-electron chi connectivity index (χ1n) is 7.19. The molecular weight excluding hydrogens is 296 g/mol. The zero-order chi connectivity index (χ0) is 16.4. The fraction of sp³-hybridized carbons (Fsp3) is 0.267. The van der Waals surface area contributed by atoms with Crippen molar-refractivity contribution >= 4 is 16.7 Å². The predicted molar refractivity (Wildman–Crippen MR) is 83.7 cm³/mol. The van der Waals surface area contributed by atoms with E-state index in [0.717, 1.165) is 0 Å². The Morgan fingerprint density at radius 3 is 2.65 bits per heavy atom. The Labute approximate surface area is 131 Å². The minimum Gasteiger partial charge on any atom is -0.348 e. The quantitative estimate of drug-likeness (QED) is 0.658. The highest BCUT2D eigenvalue weighted by Gasteiger charge is 2.20. The maximum Gasteiger partial charge on any atom is 0.272 e. The molecule has 0 radical (unpaired) electrons. The summed E-state index contributed by atoms with van der Waals surface area (Å²) >= 11 is 0. The fourth-order valence-electron chi connectivity index (χ4n) is 2.38. The number of nitrogens with zero attached hydrogens (tertiary/aromatic N) is 3. The molecule has 0 spiro atoms. The molecule has 23 heavy (non-hydrogen) atoms. The minimum absolute atomic E-state index is 0.211. The Bertz CT molecular complexity index is 913. The molecule has 1 amide bonds. The number of aryl methyl sites for hydroxylation is 1. The third-order valence-electron chi connectivity index (χ3n) is 3.59. The average molecular weight is 312 g/mol. The molecule has 3 N–H and O–H groups in total. The van der Waals surface area contributed by atoms with Crippen LogP contribution in [0.15, 0.2) is 29.1 Å². The summed E-state index contributed by atoms with van der Waals surface area (Å²) in [6.07, 6.45) is 0. The Kier molecular flexibility index (Phi) is 3.88. The van der Waals surface area contributed by atoms with Crippen LogP contribution in [0.1, 0.15) is 30.2 Å². The molecule has 1 atom stereocenters. The van der Waals surface area contributed by atoms with Gasteiger partial charge in [0, 0.05) is 5.39 Å². The van der Waals surface area contributed by atoms with Gasteiger partial charge < -0.3 is 5.32 Å². The molecular formula is C15H16N6O2. The Hall–Kier alpha value is -3.03. The van der Waals surface area contributed by atoms with Crippen LogP contribution in [0, 0.1) is 6.92 Å². The smallest absolute Gasteiger partial charge is 0.272 e. The van der Waals surface area contributed by atoms with Crippen LogP contribution in [0.25, 0.3) is 10.8 Å². The standard InChI is InChI=1S/C15H16N6O2/c1-8(14(22)16-7-12-17-9(2)18-19-12)13-10-5-3-4-6-11(10)15(23)21-20-13/h3-6,8H,7H2,1-2H3,(H,16,22)(H,21,23)(H,17,18,19)/t8-/m0/s1. The van der Waals surface area contributed by atoms with E-state index in [2.05, 4.69) is 30.7 Å². The molecule has 0 aliphatic rings. The third-order valence-corrected chi connectivity index (χ3v) is 3.59. The third kappa shape index (κ3) is 2.96. The number of nitrogens with one attached hydrogen (secondary N) is 3. The van der Waals surface area contributed by atoms with Crippen LogP contribution >= 0.6 is 0 Å². The van der Waals surface area contributed by atoms with Gasteiger partial charge in [0.25, 0.3) is 5.56 Å². The van der Waals surface area contributed by atoms with Gasteiger partial charge in [-0.3, -0.25) is 14.7 Å². The largest absolute Gasteiger partial charge is 0.348 e. The van der Waals surface area contributed by atoms with Gasteiger partial charge in [-0.15, -0.1) is 0 Å². The molecule has 0 saturated heterocycles. The van der Waals surface area contributed by atoms with Crippen LogP contribution in [0.5, 0.6) is 0 Å². The van der Waals surface area contributed by atoms with E-state index in [-0.39, 0.29) is 18.0 Å². The first-order valence-corrected chi connectivity index (χ1v) is 7.19. The number of carbonyl (C=O) groups excluding carboxylic acids is 1. The summed E-state index contributed by atoms with van der Waals surface area (Å²) in [4.78, 5) is 28.3. The molecule has 2 aromatic heterocycles. The number of carbonyl (C=O) groups is 1. The van der Waals surface area contributed by atoms with Crippen LogP contribution < -0.4 is 10.9 Å². The molecule has 0 aliphatic heterocycles. The number of aromatic amines is 2. The minimum atomic E-state index is -0.517. The Morgan fingerprint density at radius 2 is 1.96 bits per heavy atom. The van der Waals surface area contributed by atoms with E-state index >= 15 is 0 Å². The lowest BCUT2D eigenvalue weighted by molar-refractivity contribution is -0.122. The fourth-order valence-corrected chi connectivity index (χ4v) is 2.38. The van der Waals surface area contributed by atoms with E-state index in [9.17, 15) is 9.59 Å². The normalized spacial score (nSPS) is 12.3. The molecule has 8 heteroatoms. The molecule has 118 valence electrons. The van der Waals surface area contributed by atoms with E-state index in [1.54, 1.807) is 32.0 Å². The predicted octanol–water partition coefficient (Wildman–Crippen LogP) is 0.770. The summed E-state index contributed by atoms with van der Waals surface area (Å²) in [5.41, 5.74) is 0.261. The number of H-pyrrole nitrogens is 2. The van der Waals surface area contributed by atoms with Crippen molar-refractivity contribution in [2.75, 3.05) is 0 Å². The molecule has 0 unspecified atom stereocenters. The van der Waals surface area contributed by atoms with Gasteiger partial charge in [-0.05, 0) is 19.9 Å². The van der Waals surface area contributed by atoms with Crippen molar-refractivity contribution in [3.63, 3.8) is 0 Å². The highest BCUT2D eigenvalue weighted by atomic mass is 16.2. The lowest BCUT2D eigenvalue weighted by Crippen LogP contribution is -2.29. The van der Waals surface area contributed by atoms with Crippen molar-refractivity contribution in [3.05, 3.63) is 52.0 Å². The number of aromatic nitrogens is 5. The molecule has 3 rings (SSSR count).